The van der Waals surface area contributed by atoms with Crippen molar-refractivity contribution in [3.63, 3.8) is 0 Å². The average molecular weight is 939 g/mol. The van der Waals surface area contributed by atoms with Crippen LogP contribution < -0.4 is 30.3 Å². The Kier molecular flexibility index (Phi) is 15.1. The van der Waals surface area contributed by atoms with Gasteiger partial charge in [0.05, 0.1) is 37.5 Å². The fourth-order valence-corrected chi connectivity index (χ4v) is 11.1. The lowest BCUT2D eigenvalue weighted by molar-refractivity contribution is -0.137. The van der Waals surface area contributed by atoms with E-state index >= 15 is 0 Å². The standard InChI is InChI=1S/C49H60ClN8O7P/c1-64-43-29-36(14-13-33(43)28-45-52-30-39(50)40(53-45)27-34-9-4-5-12-44(34)66(2,3)63)56-20-17-35(18-21-56)57-24-22-55(23-25-57)32-47(60)51-19-6-7-26-65-42-11-8-10-37-38(42)31-58(49(37)62)41-15-16-46(59)54-48(41)61/h4-5,8-14,29-30,35,41H,6-7,15-28,31-32H2,1-3H3,(H,51,60)(H,54,59,61). The van der Waals surface area contributed by atoms with Crippen molar-refractivity contribution in [1.82, 2.24) is 35.3 Å². The van der Waals surface area contributed by atoms with Crippen LogP contribution in [0.15, 0.2) is 66.9 Å². The summed E-state index contributed by atoms with van der Waals surface area (Å²) in [6.07, 6.45) is 6.75. The Labute approximate surface area is 391 Å². The van der Waals surface area contributed by atoms with Crippen LogP contribution in [-0.2, 0) is 38.3 Å². The topological polar surface area (TPSA) is 167 Å². The van der Waals surface area contributed by atoms with Gasteiger partial charge in [0.2, 0.25) is 17.7 Å². The van der Waals surface area contributed by atoms with Gasteiger partial charge in [-0.3, -0.25) is 34.3 Å². The van der Waals surface area contributed by atoms with E-state index in [9.17, 15) is 23.7 Å². The number of rotatable bonds is 17. The second kappa shape index (κ2) is 21.1. The van der Waals surface area contributed by atoms with Gasteiger partial charge in [-0.2, -0.15) is 0 Å². The summed E-state index contributed by atoms with van der Waals surface area (Å²) in [6, 6.07) is 19.3. The largest absolute Gasteiger partial charge is 0.496 e. The van der Waals surface area contributed by atoms with E-state index in [4.69, 9.17) is 26.1 Å². The van der Waals surface area contributed by atoms with Crippen LogP contribution in [0, 0.1) is 0 Å². The van der Waals surface area contributed by atoms with Gasteiger partial charge >= 0.3 is 0 Å². The number of anilines is 1. The van der Waals surface area contributed by atoms with Crippen molar-refractivity contribution in [1.29, 1.82) is 0 Å². The number of imide groups is 1. The Morgan fingerprint density at radius 3 is 2.45 bits per heavy atom. The normalized spacial score (nSPS) is 18.6. The highest BCUT2D eigenvalue weighted by Crippen LogP contribution is 2.37. The van der Waals surface area contributed by atoms with E-state index in [2.05, 4.69) is 48.5 Å². The summed E-state index contributed by atoms with van der Waals surface area (Å²) in [5.41, 5.74) is 5.07. The van der Waals surface area contributed by atoms with Gasteiger partial charge in [0, 0.05) is 111 Å². The van der Waals surface area contributed by atoms with E-state index in [-0.39, 0.29) is 30.7 Å². The maximum Gasteiger partial charge on any atom is 0.255 e. The van der Waals surface area contributed by atoms with Gasteiger partial charge in [0.1, 0.15) is 30.5 Å². The SMILES string of the molecule is COc1cc(N2CCC(N3CCN(CC(=O)NCCCCOc4cccc5c4CN(C4CCC(=O)NC4=O)C5=O)CC3)CC2)ccc1Cc1ncc(Cl)c(Cc2ccccc2P(C)(C)=O)n1. The summed E-state index contributed by atoms with van der Waals surface area (Å²) in [5, 5.41) is 6.73. The molecule has 3 aromatic carbocycles. The number of fused-ring (bicyclic) bond motifs is 1. The highest BCUT2D eigenvalue weighted by atomic mass is 35.5. The predicted molar refractivity (Wildman–Crippen MR) is 255 cm³/mol. The van der Waals surface area contributed by atoms with E-state index in [0.29, 0.717) is 72.9 Å². The van der Waals surface area contributed by atoms with Crippen LogP contribution in [0.4, 0.5) is 5.69 Å². The summed E-state index contributed by atoms with van der Waals surface area (Å²) < 4.78 is 24.9. The minimum Gasteiger partial charge on any atom is -0.496 e. The highest BCUT2D eigenvalue weighted by Gasteiger charge is 2.40. The number of unbranched alkanes of at least 4 members (excludes halogenated alkanes) is 1. The molecule has 1 aromatic heterocycles. The lowest BCUT2D eigenvalue weighted by Gasteiger charge is -2.43. The van der Waals surface area contributed by atoms with Crippen molar-refractivity contribution in [2.45, 2.75) is 70.0 Å². The Bertz CT molecular complexity index is 2490. The van der Waals surface area contributed by atoms with Gasteiger partial charge in [-0.1, -0.05) is 48.0 Å². The van der Waals surface area contributed by atoms with Crippen molar-refractivity contribution in [2.75, 3.05) is 84.3 Å². The number of amides is 4. The first-order valence-corrected chi connectivity index (χ1v) is 26.0. The number of ether oxygens (including phenoxy) is 2. The molecule has 3 fully saturated rings. The molecule has 4 amide bonds. The first-order valence-electron chi connectivity index (χ1n) is 23.0. The van der Waals surface area contributed by atoms with Gasteiger partial charge in [-0.05, 0) is 69.2 Å². The smallest absolute Gasteiger partial charge is 0.255 e. The van der Waals surface area contributed by atoms with E-state index < -0.39 is 19.1 Å². The highest BCUT2D eigenvalue weighted by molar-refractivity contribution is 7.70. The molecule has 1 atom stereocenters. The number of benzene rings is 3. The number of piperidine rings is 2. The number of nitrogens with one attached hydrogen (secondary N) is 2. The number of aromatic nitrogens is 2. The third-order valence-corrected chi connectivity index (χ3v) is 15.1. The molecule has 0 bridgehead atoms. The number of halogens is 1. The van der Waals surface area contributed by atoms with E-state index in [1.165, 1.54) is 4.90 Å². The van der Waals surface area contributed by atoms with Gasteiger partial charge < -0.3 is 29.2 Å². The van der Waals surface area contributed by atoms with Crippen LogP contribution in [0.1, 0.15) is 77.1 Å². The molecule has 350 valence electrons. The van der Waals surface area contributed by atoms with Gasteiger partial charge in [0.25, 0.3) is 5.91 Å². The zero-order valence-electron chi connectivity index (χ0n) is 38.1. The van der Waals surface area contributed by atoms with Gasteiger partial charge in [-0.15, -0.1) is 0 Å². The van der Waals surface area contributed by atoms with E-state index in [0.717, 1.165) is 98.4 Å². The molecule has 0 spiro atoms. The summed E-state index contributed by atoms with van der Waals surface area (Å²) in [5.74, 6) is 1.11. The molecule has 0 radical (unpaired) electrons. The van der Waals surface area contributed by atoms with E-state index in [1.54, 1.807) is 38.8 Å². The molecule has 0 aliphatic carbocycles. The number of nitrogens with zero attached hydrogens (tertiary/aromatic N) is 6. The summed E-state index contributed by atoms with van der Waals surface area (Å²) in [6.45, 7) is 10.7. The first-order chi connectivity index (χ1) is 31.8. The fourth-order valence-electron chi connectivity index (χ4n) is 9.63. The van der Waals surface area contributed by atoms with Crippen LogP contribution in [0.2, 0.25) is 5.02 Å². The van der Waals surface area contributed by atoms with Crippen molar-refractivity contribution in [3.8, 4) is 11.5 Å². The lowest BCUT2D eigenvalue weighted by Crippen LogP contribution is -2.54. The minimum atomic E-state index is -2.48. The van der Waals surface area contributed by atoms with Crippen molar-refractivity contribution < 1.29 is 33.2 Å². The van der Waals surface area contributed by atoms with Crippen LogP contribution in [-0.4, -0.2) is 140 Å². The number of hydrogen-bond acceptors (Lipinski definition) is 12. The van der Waals surface area contributed by atoms with Crippen LogP contribution >= 0.6 is 18.7 Å². The molecule has 2 N–H and O–H groups in total. The van der Waals surface area contributed by atoms with E-state index in [1.807, 2.05) is 30.3 Å². The summed E-state index contributed by atoms with van der Waals surface area (Å²) in [4.78, 5) is 68.2. The Balaban J connectivity index is 0.730. The third-order valence-electron chi connectivity index (χ3n) is 13.2. The second-order valence-corrected chi connectivity index (χ2v) is 21.6. The molecule has 3 saturated heterocycles. The molecular weight excluding hydrogens is 879 g/mol. The third kappa shape index (κ3) is 11.3. The average Bonchev–Trinajstić information content (AvgIpc) is 3.64. The molecule has 66 heavy (non-hydrogen) atoms. The molecule has 4 aliphatic rings. The predicted octanol–water partition coefficient (Wildman–Crippen LogP) is 4.89. The maximum absolute atomic E-state index is 13.1. The Morgan fingerprint density at radius 1 is 0.909 bits per heavy atom. The molecule has 0 saturated carbocycles. The Morgan fingerprint density at radius 2 is 1.70 bits per heavy atom. The molecular formula is C49H60ClN8O7P. The van der Waals surface area contributed by atoms with Crippen LogP contribution in [0.3, 0.4) is 0 Å². The number of carbonyl (C=O) groups is 4. The summed E-state index contributed by atoms with van der Waals surface area (Å²) >= 11 is 6.57. The first kappa shape index (κ1) is 47.2. The van der Waals surface area contributed by atoms with Crippen molar-refractivity contribution in [2.24, 2.45) is 0 Å². The molecule has 4 aromatic rings. The number of hydrogen-bond donors (Lipinski definition) is 2. The molecule has 8 rings (SSSR count). The number of methoxy groups -OCH3 is 1. The Hall–Kier alpha value is -5.34. The lowest BCUT2D eigenvalue weighted by atomic mass is 10.0. The van der Waals surface area contributed by atoms with Gasteiger partial charge in [0.15, 0.2) is 0 Å². The zero-order valence-corrected chi connectivity index (χ0v) is 39.8. The maximum atomic E-state index is 13.1. The molecule has 1 unspecified atom stereocenters. The quantitative estimate of drug-likeness (QED) is 0.0838. The second-order valence-electron chi connectivity index (χ2n) is 18.0. The molecule has 5 heterocycles. The van der Waals surface area contributed by atoms with Crippen molar-refractivity contribution in [3.05, 3.63) is 106 Å². The summed E-state index contributed by atoms with van der Waals surface area (Å²) in [7, 11) is -0.784. The van der Waals surface area contributed by atoms with Crippen LogP contribution in [0.5, 0.6) is 11.5 Å². The van der Waals surface area contributed by atoms with Crippen molar-refractivity contribution >= 4 is 53.4 Å². The monoisotopic (exact) mass is 938 g/mol. The molecule has 15 nitrogen and oxygen atoms in total. The molecule has 4 aliphatic heterocycles. The molecule has 17 heteroatoms. The number of piperazine rings is 1. The van der Waals surface area contributed by atoms with Gasteiger partial charge in [-0.25, -0.2) is 9.97 Å². The zero-order chi connectivity index (χ0) is 46.4. The number of carbonyl (C=O) groups excluding carboxylic acids is 4. The van der Waals surface area contributed by atoms with Crippen LogP contribution in [0.25, 0.3) is 0 Å². The fraction of sp³-hybridized carbons (Fsp3) is 0.469. The minimum absolute atomic E-state index is 0.0287.